The first-order valence-electron chi connectivity index (χ1n) is 9.52. The zero-order valence-corrected chi connectivity index (χ0v) is 15.4. The smallest absolute Gasteiger partial charge is 0.0704 e. The van der Waals surface area contributed by atoms with Gasteiger partial charge in [0.1, 0.15) is 0 Å². The van der Waals surface area contributed by atoms with Gasteiger partial charge in [-0.15, -0.1) is 0 Å². The number of hydrogen-bond acceptors (Lipinski definition) is 4. The lowest BCUT2D eigenvalue weighted by Crippen LogP contribution is -2.52. The largest absolute Gasteiger partial charge is 0.379 e. The van der Waals surface area contributed by atoms with Crippen LogP contribution in [0.5, 0.6) is 0 Å². The van der Waals surface area contributed by atoms with E-state index in [2.05, 4.69) is 57.7 Å². The summed E-state index contributed by atoms with van der Waals surface area (Å²) in [6.45, 7) is 13.8. The Balaban J connectivity index is 1.57. The third-order valence-electron chi connectivity index (χ3n) is 5.54. The first-order valence-corrected chi connectivity index (χ1v) is 9.52. The minimum absolute atomic E-state index is 0.633. The maximum atomic E-state index is 5.49. The summed E-state index contributed by atoms with van der Waals surface area (Å²) >= 11 is 0. The highest BCUT2D eigenvalue weighted by atomic mass is 16.5. The van der Waals surface area contributed by atoms with Crippen LogP contribution in [0.25, 0.3) is 10.9 Å². The van der Waals surface area contributed by atoms with Gasteiger partial charge in [0.15, 0.2) is 0 Å². The summed E-state index contributed by atoms with van der Waals surface area (Å²) in [5.41, 5.74) is 2.70. The molecule has 2 saturated heterocycles. The van der Waals surface area contributed by atoms with E-state index in [0.29, 0.717) is 6.04 Å². The standard InChI is InChI=1S/C20H29N4O/c1-17(2)22-7-9-23(10-8-22)24-16-18(15-21-11-13-25-14-12-21)19-5-3-4-6-20(19)24/h3,5-6,16-17H,7-15H2,1-2H3. The molecule has 3 heterocycles. The summed E-state index contributed by atoms with van der Waals surface area (Å²) in [4.78, 5) is 5.05. The first-order chi connectivity index (χ1) is 12.2. The predicted octanol–water partition coefficient (Wildman–Crippen LogP) is 1.94. The number of aromatic nitrogens is 1. The van der Waals surface area contributed by atoms with Gasteiger partial charge >= 0.3 is 0 Å². The van der Waals surface area contributed by atoms with Gasteiger partial charge in [-0.2, -0.15) is 0 Å². The number of rotatable bonds is 4. The summed E-state index contributed by atoms with van der Waals surface area (Å²) in [5.74, 6) is 0. The molecule has 0 saturated carbocycles. The van der Waals surface area contributed by atoms with Gasteiger partial charge in [-0.3, -0.25) is 14.5 Å². The Labute approximate surface area is 150 Å². The van der Waals surface area contributed by atoms with Gasteiger partial charge in [0.2, 0.25) is 0 Å². The fraction of sp³-hybridized carbons (Fsp3) is 0.600. The summed E-state index contributed by atoms with van der Waals surface area (Å²) < 4.78 is 7.86. The average molecular weight is 341 g/mol. The Bertz CT molecular complexity index is 697. The molecule has 0 N–H and O–H groups in total. The van der Waals surface area contributed by atoms with Crippen molar-refractivity contribution in [3.05, 3.63) is 36.0 Å². The van der Waals surface area contributed by atoms with Crippen LogP contribution >= 0.6 is 0 Å². The molecule has 0 spiro atoms. The minimum Gasteiger partial charge on any atom is -0.379 e. The maximum Gasteiger partial charge on any atom is 0.0704 e. The minimum atomic E-state index is 0.633. The van der Waals surface area contributed by atoms with Gasteiger partial charge in [-0.05, 0) is 31.5 Å². The zero-order chi connectivity index (χ0) is 17.2. The van der Waals surface area contributed by atoms with Crippen molar-refractivity contribution in [2.24, 2.45) is 0 Å². The molecule has 0 bridgehead atoms. The van der Waals surface area contributed by atoms with E-state index in [-0.39, 0.29) is 0 Å². The molecule has 25 heavy (non-hydrogen) atoms. The molecule has 0 unspecified atom stereocenters. The molecular formula is C20H29N4O. The Kier molecular flexibility index (Phi) is 4.97. The molecule has 1 aromatic carbocycles. The van der Waals surface area contributed by atoms with Gasteiger partial charge in [0.25, 0.3) is 0 Å². The number of ether oxygens (including phenoxy) is 1. The Morgan fingerprint density at radius 3 is 2.56 bits per heavy atom. The van der Waals surface area contributed by atoms with Crippen molar-refractivity contribution < 1.29 is 4.74 Å². The molecule has 0 atom stereocenters. The van der Waals surface area contributed by atoms with Crippen LogP contribution in [0.15, 0.2) is 24.4 Å². The molecule has 0 aliphatic carbocycles. The lowest BCUT2D eigenvalue weighted by molar-refractivity contribution is 0.0343. The molecule has 1 aromatic heterocycles. The molecule has 1 radical (unpaired) electrons. The fourth-order valence-corrected chi connectivity index (χ4v) is 3.97. The van der Waals surface area contributed by atoms with E-state index >= 15 is 0 Å². The monoisotopic (exact) mass is 341 g/mol. The van der Waals surface area contributed by atoms with E-state index in [1.807, 2.05) is 6.07 Å². The van der Waals surface area contributed by atoms with Crippen LogP contribution in [0.3, 0.4) is 0 Å². The van der Waals surface area contributed by atoms with Gasteiger partial charge in [-0.1, -0.05) is 12.1 Å². The topological polar surface area (TPSA) is 23.9 Å². The predicted molar refractivity (Wildman–Crippen MR) is 102 cm³/mol. The van der Waals surface area contributed by atoms with Crippen molar-refractivity contribution in [1.29, 1.82) is 0 Å². The van der Waals surface area contributed by atoms with Gasteiger partial charge in [0, 0.05) is 63.4 Å². The molecule has 4 rings (SSSR count). The number of benzene rings is 1. The van der Waals surface area contributed by atoms with Crippen molar-refractivity contribution in [1.82, 2.24) is 14.5 Å². The zero-order valence-electron chi connectivity index (χ0n) is 15.4. The quantitative estimate of drug-likeness (QED) is 0.848. The van der Waals surface area contributed by atoms with E-state index in [1.54, 1.807) is 0 Å². The van der Waals surface area contributed by atoms with Crippen molar-refractivity contribution in [2.45, 2.75) is 26.4 Å². The number of hydrogen-bond donors (Lipinski definition) is 0. The highest BCUT2D eigenvalue weighted by Crippen LogP contribution is 2.24. The Morgan fingerprint density at radius 2 is 1.84 bits per heavy atom. The average Bonchev–Trinajstić information content (AvgIpc) is 3.01. The molecule has 5 nitrogen and oxygen atoms in total. The van der Waals surface area contributed by atoms with E-state index in [1.165, 1.54) is 16.5 Å². The Hall–Kier alpha value is -1.56. The third kappa shape index (κ3) is 3.54. The summed E-state index contributed by atoms with van der Waals surface area (Å²) in [5, 5.41) is 3.84. The third-order valence-corrected chi connectivity index (χ3v) is 5.54. The van der Waals surface area contributed by atoms with Gasteiger partial charge < -0.3 is 9.75 Å². The second kappa shape index (κ2) is 7.36. The van der Waals surface area contributed by atoms with E-state index in [4.69, 9.17) is 4.74 Å². The summed E-state index contributed by atoms with van der Waals surface area (Å²) in [6, 6.07) is 10.3. The Morgan fingerprint density at radius 1 is 1.08 bits per heavy atom. The number of nitrogens with zero attached hydrogens (tertiary/aromatic N) is 4. The second-order valence-corrected chi connectivity index (χ2v) is 7.41. The number of piperazine rings is 1. The van der Waals surface area contributed by atoms with Gasteiger partial charge in [-0.25, -0.2) is 0 Å². The van der Waals surface area contributed by atoms with E-state index in [0.717, 1.165) is 59.0 Å². The second-order valence-electron chi connectivity index (χ2n) is 7.41. The van der Waals surface area contributed by atoms with Crippen LogP contribution in [0.1, 0.15) is 19.4 Å². The van der Waals surface area contributed by atoms with Crippen molar-refractivity contribution in [2.75, 3.05) is 57.5 Å². The van der Waals surface area contributed by atoms with Gasteiger partial charge in [0.05, 0.1) is 18.7 Å². The SMILES string of the molecule is CC(C)N1CCN(n2cc(CN3CCOCC3)c3cc[c]cc32)CC1. The van der Waals surface area contributed by atoms with Crippen LogP contribution in [-0.2, 0) is 11.3 Å². The van der Waals surface area contributed by atoms with Crippen LogP contribution in [0, 0.1) is 6.07 Å². The first kappa shape index (κ1) is 16.9. The fourth-order valence-electron chi connectivity index (χ4n) is 3.97. The molecule has 0 amide bonds. The van der Waals surface area contributed by atoms with E-state index in [9.17, 15) is 0 Å². The van der Waals surface area contributed by atoms with Crippen LogP contribution < -0.4 is 5.01 Å². The normalized spacial score (nSPS) is 20.7. The van der Waals surface area contributed by atoms with Crippen LogP contribution in [-0.4, -0.2) is 73.0 Å². The maximum absolute atomic E-state index is 5.49. The lowest BCUT2D eigenvalue weighted by atomic mass is 10.1. The number of morpholine rings is 1. The molecular weight excluding hydrogens is 312 g/mol. The van der Waals surface area contributed by atoms with Crippen molar-refractivity contribution in [3.63, 3.8) is 0 Å². The summed E-state index contributed by atoms with van der Waals surface area (Å²) in [7, 11) is 0. The molecule has 135 valence electrons. The highest BCUT2D eigenvalue weighted by molar-refractivity contribution is 5.84. The van der Waals surface area contributed by atoms with Crippen molar-refractivity contribution in [3.8, 4) is 0 Å². The molecule has 2 fully saturated rings. The molecule has 2 aliphatic rings. The molecule has 5 heteroatoms. The van der Waals surface area contributed by atoms with E-state index < -0.39 is 0 Å². The lowest BCUT2D eigenvalue weighted by Gasteiger charge is -2.38. The van der Waals surface area contributed by atoms with Crippen LogP contribution in [0.4, 0.5) is 0 Å². The number of fused-ring (bicyclic) bond motifs is 1. The molecule has 2 aromatic rings. The highest BCUT2D eigenvalue weighted by Gasteiger charge is 2.21. The van der Waals surface area contributed by atoms with Crippen LogP contribution in [0.2, 0.25) is 0 Å². The molecule has 2 aliphatic heterocycles. The summed E-state index contributed by atoms with van der Waals surface area (Å²) in [6.07, 6.45) is 2.35. The van der Waals surface area contributed by atoms with Crippen molar-refractivity contribution >= 4 is 10.9 Å².